The molecule has 4 aromatic heterocycles. The molecule has 9 aromatic carbocycles. The van der Waals surface area contributed by atoms with Crippen LogP contribution in [-0.2, 0) is 0 Å². The number of fused-ring (bicyclic) bond motifs is 12. The van der Waals surface area contributed by atoms with Crippen molar-refractivity contribution < 1.29 is 8.83 Å². The SMILES string of the molecule is c1ccc2cc(-c3nc(-c4ccc5c(c4)oc4ccccc45)nc(-n4c5ccc6ccccc6c5c5cccc(-c6ccc7c(c6)oc6ccccc67)c54)n3)ccc2c1. The summed E-state index contributed by atoms with van der Waals surface area (Å²) in [6.07, 6.45) is 0. The molecule has 0 aliphatic carbocycles. The summed E-state index contributed by atoms with van der Waals surface area (Å²) in [6, 6.07) is 63.4. The number of benzene rings is 9. The number of aromatic nitrogens is 4. The summed E-state index contributed by atoms with van der Waals surface area (Å²) in [4.78, 5) is 15.9. The van der Waals surface area contributed by atoms with Crippen LogP contribution >= 0.6 is 0 Å². The van der Waals surface area contributed by atoms with Crippen LogP contribution in [0.5, 0.6) is 0 Å². The zero-order valence-electron chi connectivity index (χ0n) is 31.4. The molecule has 6 heteroatoms. The van der Waals surface area contributed by atoms with Gasteiger partial charge in [-0.25, -0.2) is 4.98 Å². The molecule has 0 unspecified atom stereocenters. The Balaban J connectivity index is 1.12. The van der Waals surface area contributed by atoms with Gasteiger partial charge in [-0.1, -0.05) is 133 Å². The number of rotatable bonds is 4. The molecule has 0 aliphatic heterocycles. The van der Waals surface area contributed by atoms with Gasteiger partial charge in [-0.3, -0.25) is 4.57 Å². The van der Waals surface area contributed by atoms with E-state index in [0.29, 0.717) is 17.6 Å². The number of furan rings is 2. The monoisotopic (exact) mass is 754 g/mol. The van der Waals surface area contributed by atoms with Crippen LogP contribution < -0.4 is 0 Å². The minimum absolute atomic E-state index is 0.524. The van der Waals surface area contributed by atoms with Crippen molar-refractivity contribution in [1.82, 2.24) is 19.5 Å². The van der Waals surface area contributed by atoms with Crippen LogP contribution in [0.4, 0.5) is 0 Å². The van der Waals surface area contributed by atoms with Crippen LogP contribution in [0.15, 0.2) is 191 Å². The van der Waals surface area contributed by atoms with Crippen LogP contribution in [0.3, 0.4) is 0 Å². The molecule has 13 aromatic rings. The average molecular weight is 755 g/mol. The first-order valence-corrected chi connectivity index (χ1v) is 19.8. The highest BCUT2D eigenvalue weighted by molar-refractivity contribution is 6.23. The van der Waals surface area contributed by atoms with Crippen molar-refractivity contribution in [2.45, 2.75) is 0 Å². The molecule has 4 heterocycles. The maximum atomic E-state index is 6.42. The second-order valence-corrected chi connectivity index (χ2v) is 15.2. The highest BCUT2D eigenvalue weighted by Gasteiger charge is 2.23. The minimum atomic E-state index is 0.524. The van der Waals surface area contributed by atoms with Crippen molar-refractivity contribution in [1.29, 1.82) is 0 Å². The molecule has 0 bridgehead atoms. The number of hydrogen-bond acceptors (Lipinski definition) is 5. The van der Waals surface area contributed by atoms with Crippen molar-refractivity contribution in [2.24, 2.45) is 0 Å². The van der Waals surface area contributed by atoms with Gasteiger partial charge in [-0.15, -0.1) is 0 Å². The summed E-state index contributed by atoms with van der Waals surface area (Å²) in [5.74, 6) is 1.66. The van der Waals surface area contributed by atoms with Crippen LogP contribution in [0.25, 0.3) is 127 Å². The van der Waals surface area contributed by atoms with Crippen molar-refractivity contribution in [3.05, 3.63) is 182 Å². The molecular formula is C53H30N4O2. The molecule has 6 nitrogen and oxygen atoms in total. The lowest BCUT2D eigenvalue weighted by molar-refractivity contribution is 0.668. The predicted octanol–water partition coefficient (Wildman–Crippen LogP) is 14.1. The van der Waals surface area contributed by atoms with Crippen LogP contribution in [0.1, 0.15) is 0 Å². The Kier molecular flexibility index (Phi) is 6.63. The lowest BCUT2D eigenvalue weighted by atomic mass is 9.99. The van der Waals surface area contributed by atoms with Gasteiger partial charge < -0.3 is 8.83 Å². The molecule has 0 atom stereocenters. The molecule has 13 rings (SSSR count). The van der Waals surface area contributed by atoms with E-state index in [1.54, 1.807) is 0 Å². The van der Waals surface area contributed by atoms with Gasteiger partial charge in [0.2, 0.25) is 5.95 Å². The summed E-state index contributed by atoms with van der Waals surface area (Å²) in [5.41, 5.74) is 9.17. The number of hydrogen-bond donors (Lipinski definition) is 0. The molecule has 0 spiro atoms. The molecule has 0 N–H and O–H groups in total. The van der Waals surface area contributed by atoms with Gasteiger partial charge >= 0.3 is 0 Å². The molecule has 0 amide bonds. The smallest absolute Gasteiger partial charge is 0.238 e. The lowest BCUT2D eigenvalue weighted by Crippen LogP contribution is -2.07. The predicted molar refractivity (Wildman–Crippen MR) is 240 cm³/mol. The Morgan fingerprint density at radius 1 is 0.356 bits per heavy atom. The van der Waals surface area contributed by atoms with Crippen molar-refractivity contribution >= 4 is 87.2 Å². The second kappa shape index (κ2) is 12.2. The van der Waals surface area contributed by atoms with Gasteiger partial charge in [0.15, 0.2) is 11.6 Å². The van der Waals surface area contributed by atoms with E-state index in [2.05, 4.69) is 150 Å². The average Bonchev–Trinajstić information content (AvgIpc) is 3.98. The zero-order chi connectivity index (χ0) is 38.6. The van der Waals surface area contributed by atoms with Crippen molar-refractivity contribution in [2.75, 3.05) is 0 Å². The number of para-hydroxylation sites is 3. The molecular weight excluding hydrogens is 725 g/mol. The Hall–Kier alpha value is -8.09. The van der Waals surface area contributed by atoms with E-state index in [4.69, 9.17) is 23.8 Å². The summed E-state index contributed by atoms with van der Waals surface area (Å²) >= 11 is 0. The van der Waals surface area contributed by atoms with Gasteiger partial charge in [-0.05, 0) is 75.6 Å². The Labute approximate surface area is 336 Å². The maximum Gasteiger partial charge on any atom is 0.238 e. The summed E-state index contributed by atoms with van der Waals surface area (Å²) in [7, 11) is 0. The number of nitrogens with zero attached hydrogens (tertiary/aromatic N) is 4. The van der Waals surface area contributed by atoms with Crippen LogP contribution in [-0.4, -0.2) is 19.5 Å². The first-order valence-electron chi connectivity index (χ1n) is 19.8. The van der Waals surface area contributed by atoms with Crippen molar-refractivity contribution in [3.63, 3.8) is 0 Å². The Morgan fingerprint density at radius 3 is 1.64 bits per heavy atom. The third-order valence-electron chi connectivity index (χ3n) is 11.8. The van der Waals surface area contributed by atoms with E-state index in [1.807, 2.05) is 36.4 Å². The molecule has 274 valence electrons. The van der Waals surface area contributed by atoms with E-state index < -0.39 is 0 Å². The van der Waals surface area contributed by atoms with E-state index in [-0.39, 0.29) is 0 Å². The largest absolute Gasteiger partial charge is 0.456 e. The van der Waals surface area contributed by atoms with Gasteiger partial charge in [0.25, 0.3) is 0 Å². The third kappa shape index (κ3) is 4.84. The van der Waals surface area contributed by atoms with Crippen LogP contribution in [0, 0.1) is 0 Å². The summed E-state index contributed by atoms with van der Waals surface area (Å²) < 4.78 is 15.0. The Bertz CT molecular complexity index is 3870. The second-order valence-electron chi connectivity index (χ2n) is 15.2. The molecule has 59 heavy (non-hydrogen) atoms. The summed E-state index contributed by atoms with van der Waals surface area (Å²) in [6.45, 7) is 0. The minimum Gasteiger partial charge on any atom is -0.456 e. The molecule has 0 saturated heterocycles. The summed E-state index contributed by atoms with van der Waals surface area (Å²) in [5, 5.41) is 11.2. The quantitative estimate of drug-likeness (QED) is 0.179. The van der Waals surface area contributed by atoms with E-state index in [1.165, 1.54) is 5.39 Å². The van der Waals surface area contributed by atoms with Crippen LogP contribution in [0.2, 0.25) is 0 Å². The molecule has 0 saturated carbocycles. The lowest BCUT2D eigenvalue weighted by Gasteiger charge is -2.13. The Morgan fingerprint density at radius 2 is 0.898 bits per heavy atom. The molecule has 0 radical (unpaired) electrons. The normalized spacial score (nSPS) is 12.1. The third-order valence-corrected chi connectivity index (χ3v) is 11.8. The van der Waals surface area contributed by atoms with E-state index >= 15 is 0 Å². The van der Waals surface area contributed by atoms with Gasteiger partial charge in [0.1, 0.15) is 22.3 Å². The fourth-order valence-corrected chi connectivity index (χ4v) is 9.09. The molecule has 0 aliphatic rings. The topological polar surface area (TPSA) is 69.9 Å². The maximum absolute atomic E-state index is 6.42. The van der Waals surface area contributed by atoms with Gasteiger partial charge in [-0.2, -0.15) is 9.97 Å². The van der Waals surface area contributed by atoms with Gasteiger partial charge in [0.05, 0.1) is 11.0 Å². The highest BCUT2D eigenvalue weighted by Crippen LogP contribution is 2.42. The van der Waals surface area contributed by atoms with E-state index in [9.17, 15) is 0 Å². The van der Waals surface area contributed by atoms with E-state index in [0.717, 1.165) is 104 Å². The van der Waals surface area contributed by atoms with Crippen molar-refractivity contribution in [3.8, 4) is 39.9 Å². The zero-order valence-corrected chi connectivity index (χ0v) is 31.4. The molecule has 0 fully saturated rings. The van der Waals surface area contributed by atoms with Gasteiger partial charge in [0, 0.05) is 49.0 Å². The first-order chi connectivity index (χ1) is 29.2. The standard InChI is InChI=1S/C53H30N4O2/c1-2-12-33-28-35(21-20-31(33)10-1)51-54-52(36-23-26-42-40-15-6-8-19-46(40)59-48(42)30-36)56-53(55-51)57-44-27-24-32-11-3-4-13-37(32)49(44)43-17-9-16-38(50(43)57)34-22-25-41-39-14-5-7-18-45(39)58-47(41)29-34/h1-30H. The fourth-order valence-electron chi connectivity index (χ4n) is 9.09. The fraction of sp³-hybridized carbons (Fsp3) is 0. The first kappa shape index (κ1) is 32.0. The highest BCUT2D eigenvalue weighted by atomic mass is 16.3.